The van der Waals surface area contributed by atoms with E-state index in [1.807, 2.05) is 11.9 Å². The normalized spacial score (nSPS) is 29.1. The molecule has 3 nitrogen and oxygen atoms in total. The highest BCUT2D eigenvalue weighted by atomic mass is 16.2. The van der Waals surface area contributed by atoms with Crippen LogP contribution in [0.5, 0.6) is 0 Å². The lowest BCUT2D eigenvalue weighted by Gasteiger charge is -2.29. The molecule has 0 bridgehead atoms. The van der Waals surface area contributed by atoms with Gasteiger partial charge in [-0.05, 0) is 31.1 Å². The van der Waals surface area contributed by atoms with Gasteiger partial charge in [0.2, 0.25) is 5.91 Å². The van der Waals surface area contributed by atoms with E-state index in [1.165, 1.54) is 32.1 Å². The van der Waals surface area contributed by atoms with Crippen molar-refractivity contribution in [3.05, 3.63) is 0 Å². The summed E-state index contributed by atoms with van der Waals surface area (Å²) in [6.45, 7) is 0.936. The van der Waals surface area contributed by atoms with Crippen LogP contribution in [0.1, 0.15) is 51.4 Å². The standard InChI is InChI=1S/C14H26N2O/c1-16(9-8-11-6-7-11)14(17)10-12-4-2-3-5-13(12)15/h11-13H,2-10,15H2,1H3. The van der Waals surface area contributed by atoms with E-state index in [4.69, 9.17) is 5.73 Å². The van der Waals surface area contributed by atoms with Gasteiger partial charge in [0.15, 0.2) is 0 Å². The van der Waals surface area contributed by atoms with Crippen LogP contribution in [0.15, 0.2) is 0 Å². The predicted molar refractivity (Wildman–Crippen MR) is 69.5 cm³/mol. The molecule has 2 saturated carbocycles. The molecule has 0 radical (unpaired) electrons. The fourth-order valence-electron chi connectivity index (χ4n) is 2.78. The van der Waals surface area contributed by atoms with Crippen molar-refractivity contribution in [3.8, 4) is 0 Å². The van der Waals surface area contributed by atoms with E-state index in [0.717, 1.165) is 25.3 Å². The number of hydrogen-bond acceptors (Lipinski definition) is 2. The van der Waals surface area contributed by atoms with Gasteiger partial charge in [0.1, 0.15) is 0 Å². The number of hydrogen-bond donors (Lipinski definition) is 1. The molecule has 2 atom stereocenters. The van der Waals surface area contributed by atoms with E-state index in [1.54, 1.807) is 0 Å². The monoisotopic (exact) mass is 238 g/mol. The molecular formula is C14H26N2O. The molecule has 98 valence electrons. The van der Waals surface area contributed by atoms with E-state index in [9.17, 15) is 4.79 Å². The Balaban J connectivity index is 1.70. The van der Waals surface area contributed by atoms with Gasteiger partial charge in [0, 0.05) is 26.1 Å². The summed E-state index contributed by atoms with van der Waals surface area (Å²) in [5.41, 5.74) is 6.09. The maximum absolute atomic E-state index is 12.1. The highest BCUT2D eigenvalue weighted by Gasteiger charge is 2.26. The van der Waals surface area contributed by atoms with Crippen LogP contribution in [-0.2, 0) is 4.79 Å². The lowest BCUT2D eigenvalue weighted by atomic mass is 9.83. The average molecular weight is 238 g/mol. The fourth-order valence-corrected chi connectivity index (χ4v) is 2.78. The van der Waals surface area contributed by atoms with Crippen molar-refractivity contribution in [1.29, 1.82) is 0 Å². The topological polar surface area (TPSA) is 46.3 Å². The van der Waals surface area contributed by atoms with Gasteiger partial charge in [0.25, 0.3) is 0 Å². The van der Waals surface area contributed by atoms with Crippen LogP contribution < -0.4 is 5.73 Å². The molecule has 1 amide bonds. The van der Waals surface area contributed by atoms with Gasteiger partial charge in [-0.3, -0.25) is 4.79 Å². The first-order valence-electron chi connectivity index (χ1n) is 7.16. The highest BCUT2D eigenvalue weighted by Crippen LogP contribution is 2.32. The Morgan fingerprint density at radius 1 is 1.24 bits per heavy atom. The van der Waals surface area contributed by atoms with E-state index in [-0.39, 0.29) is 6.04 Å². The lowest BCUT2D eigenvalue weighted by molar-refractivity contribution is -0.131. The van der Waals surface area contributed by atoms with Crippen LogP contribution >= 0.6 is 0 Å². The number of rotatable bonds is 5. The summed E-state index contributed by atoms with van der Waals surface area (Å²) in [7, 11) is 1.94. The molecule has 0 heterocycles. The molecular weight excluding hydrogens is 212 g/mol. The minimum absolute atomic E-state index is 0.254. The third-order valence-corrected chi connectivity index (χ3v) is 4.40. The molecule has 0 aromatic heterocycles. The molecule has 2 aliphatic carbocycles. The first kappa shape index (κ1) is 12.9. The van der Waals surface area contributed by atoms with Gasteiger partial charge in [-0.1, -0.05) is 25.7 Å². The molecule has 0 aromatic rings. The third kappa shape index (κ3) is 3.98. The minimum atomic E-state index is 0.254. The van der Waals surface area contributed by atoms with E-state index in [0.29, 0.717) is 18.2 Å². The molecule has 2 unspecified atom stereocenters. The van der Waals surface area contributed by atoms with Crippen LogP contribution in [0.4, 0.5) is 0 Å². The summed E-state index contributed by atoms with van der Waals surface area (Å²) in [6.07, 6.45) is 9.33. The summed E-state index contributed by atoms with van der Waals surface area (Å²) in [5.74, 6) is 1.63. The van der Waals surface area contributed by atoms with Crippen molar-refractivity contribution in [2.24, 2.45) is 17.6 Å². The molecule has 0 aliphatic heterocycles. The minimum Gasteiger partial charge on any atom is -0.346 e. The Labute approximate surface area is 105 Å². The Morgan fingerprint density at radius 2 is 1.94 bits per heavy atom. The first-order valence-corrected chi connectivity index (χ1v) is 7.16. The summed E-state index contributed by atoms with van der Waals surface area (Å²) < 4.78 is 0. The number of nitrogens with two attached hydrogens (primary N) is 1. The van der Waals surface area contributed by atoms with Gasteiger partial charge in [-0.15, -0.1) is 0 Å². The van der Waals surface area contributed by atoms with Crippen molar-refractivity contribution in [1.82, 2.24) is 4.90 Å². The Morgan fingerprint density at radius 3 is 2.59 bits per heavy atom. The smallest absolute Gasteiger partial charge is 0.222 e. The molecule has 2 N–H and O–H groups in total. The quantitative estimate of drug-likeness (QED) is 0.797. The van der Waals surface area contributed by atoms with Crippen molar-refractivity contribution in [2.45, 2.75) is 57.4 Å². The number of carbonyl (C=O) groups is 1. The highest BCUT2D eigenvalue weighted by molar-refractivity contribution is 5.76. The van der Waals surface area contributed by atoms with Crippen molar-refractivity contribution < 1.29 is 4.79 Å². The maximum atomic E-state index is 12.1. The van der Waals surface area contributed by atoms with Gasteiger partial charge in [-0.25, -0.2) is 0 Å². The van der Waals surface area contributed by atoms with Crippen LogP contribution in [0, 0.1) is 11.8 Å². The van der Waals surface area contributed by atoms with E-state index < -0.39 is 0 Å². The fraction of sp³-hybridized carbons (Fsp3) is 0.929. The summed E-state index contributed by atoms with van der Waals surface area (Å²) in [4.78, 5) is 14.0. The zero-order chi connectivity index (χ0) is 12.3. The van der Waals surface area contributed by atoms with Crippen LogP contribution in [-0.4, -0.2) is 30.4 Å². The lowest BCUT2D eigenvalue weighted by Crippen LogP contribution is -2.38. The second-order valence-electron chi connectivity index (χ2n) is 5.96. The van der Waals surface area contributed by atoms with Gasteiger partial charge in [0.05, 0.1) is 0 Å². The van der Waals surface area contributed by atoms with Gasteiger partial charge >= 0.3 is 0 Å². The summed E-state index contributed by atoms with van der Waals surface area (Å²) in [5, 5.41) is 0. The van der Waals surface area contributed by atoms with Crippen molar-refractivity contribution in [2.75, 3.05) is 13.6 Å². The second kappa shape index (κ2) is 5.85. The van der Waals surface area contributed by atoms with Gasteiger partial charge < -0.3 is 10.6 Å². The van der Waals surface area contributed by atoms with Crippen LogP contribution in [0.3, 0.4) is 0 Å². The Kier molecular flexibility index (Phi) is 4.43. The molecule has 17 heavy (non-hydrogen) atoms. The molecule has 3 heteroatoms. The number of amides is 1. The molecule has 0 spiro atoms. The molecule has 2 aliphatic rings. The SMILES string of the molecule is CN(CCC1CC1)C(=O)CC1CCCCC1N. The summed E-state index contributed by atoms with van der Waals surface area (Å²) in [6, 6.07) is 0.254. The predicted octanol–water partition coefficient (Wildman–Crippen LogP) is 2.15. The van der Waals surface area contributed by atoms with E-state index in [2.05, 4.69) is 0 Å². The maximum Gasteiger partial charge on any atom is 0.222 e. The van der Waals surface area contributed by atoms with Gasteiger partial charge in [-0.2, -0.15) is 0 Å². The molecule has 2 rings (SSSR count). The van der Waals surface area contributed by atoms with E-state index >= 15 is 0 Å². The summed E-state index contributed by atoms with van der Waals surface area (Å²) >= 11 is 0. The molecule has 0 aromatic carbocycles. The van der Waals surface area contributed by atoms with Crippen molar-refractivity contribution >= 4 is 5.91 Å². The average Bonchev–Trinajstić information content (AvgIpc) is 3.13. The first-order chi connectivity index (χ1) is 8.16. The van der Waals surface area contributed by atoms with Crippen molar-refractivity contribution in [3.63, 3.8) is 0 Å². The number of carbonyl (C=O) groups excluding carboxylic acids is 1. The number of nitrogens with zero attached hydrogens (tertiary/aromatic N) is 1. The van der Waals surface area contributed by atoms with Crippen LogP contribution in [0.2, 0.25) is 0 Å². The van der Waals surface area contributed by atoms with Crippen LogP contribution in [0.25, 0.3) is 0 Å². The zero-order valence-corrected chi connectivity index (χ0v) is 11.0. The Hall–Kier alpha value is -0.570. The second-order valence-corrected chi connectivity index (χ2v) is 5.96. The zero-order valence-electron chi connectivity index (χ0n) is 11.0. The molecule has 2 fully saturated rings. The third-order valence-electron chi connectivity index (χ3n) is 4.40. The Bertz CT molecular complexity index is 263. The largest absolute Gasteiger partial charge is 0.346 e. The molecule has 0 saturated heterocycles.